The lowest BCUT2D eigenvalue weighted by Gasteiger charge is -2.49. The van der Waals surface area contributed by atoms with Crippen LogP contribution in [0.4, 0.5) is 27.6 Å². The molecule has 1 saturated heterocycles. The van der Waals surface area contributed by atoms with Gasteiger partial charge in [0.1, 0.15) is 5.69 Å². The second-order valence-corrected chi connectivity index (χ2v) is 12.8. The molecule has 254 valence electrons. The number of carbonyl (C=O) groups is 2. The zero-order valence-corrected chi connectivity index (χ0v) is 26.4. The van der Waals surface area contributed by atoms with Crippen LogP contribution in [0, 0.1) is 29.1 Å². The van der Waals surface area contributed by atoms with E-state index in [0.29, 0.717) is 0 Å². The predicted octanol–water partition coefficient (Wildman–Crippen LogP) is 4.80. The number of aromatic hydroxyl groups is 1. The van der Waals surface area contributed by atoms with Crippen LogP contribution >= 0.6 is 23.2 Å². The SMILES string of the molecule is CCOc1cc(C2C3=CCn4c(=O)n(-c5ccccc5)c(=O)n4C3CC3(Cl)C(=O)N(c4c(F)c(F)c(F)c(F)c4F)C(=O)C23Cl)ccc1O. The lowest BCUT2D eigenvalue weighted by Crippen LogP contribution is -2.59. The van der Waals surface area contributed by atoms with Crippen molar-refractivity contribution in [3.05, 3.63) is 116 Å². The molecule has 0 spiro atoms. The molecule has 1 aromatic heterocycles. The fourth-order valence-corrected chi connectivity index (χ4v) is 7.90. The van der Waals surface area contributed by atoms with Gasteiger partial charge in [-0.15, -0.1) is 23.2 Å². The number of aromatic nitrogens is 3. The number of ether oxygens (including phenoxy) is 1. The molecule has 4 atom stereocenters. The second kappa shape index (κ2) is 11.1. The van der Waals surface area contributed by atoms with Gasteiger partial charge in [-0.05, 0) is 42.3 Å². The summed E-state index contributed by atoms with van der Waals surface area (Å²) in [7, 11) is 0. The van der Waals surface area contributed by atoms with Gasteiger partial charge < -0.3 is 9.84 Å². The highest BCUT2D eigenvalue weighted by atomic mass is 35.5. The molecule has 1 aliphatic carbocycles. The first kappa shape index (κ1) is 32.6. The molecule has 0 bridgehead atoms. The summed E-state index contributed by atoms with van der Waals surface area (Å²) in [6.07, 6.45) is 0.726. The number of phenols is 1. The van der Waals surface area contributed by atoms with Crippen molar-refractivity contribution >= 4 is 40.7 Å². The number of hydrogen-bond donors (Lipinski definition) is 1. The molecule has 3 aliphatic rings. The minimum atomic E-state index is -2.73. The number of alkyl halides is 2. The number of fused-ring (bicyclic) bond motifs is 4. The van der Waals surface area contributed by atoms with E-state index in [1.807, 2.05) is 0 Å². The number of rotatable bonds is 5. The Morgan fingerprint density at radius 2 is 1.51 bits per heavy atom. The van der Waals surface area contributed by atoms with Crippen LogP contribution in [0.3, 0.4) is 0 Å². The maximum Gasteiger partial charge on any atom is 0.352 e. The van der Waals surface area contributed by atoms with E-state index in [1.54, 1.807) is 25.1 Å². The number of para-hydroxylation sites is 1. The number of imide groups is 1. The number of carbonyl (C=O) groups excluding carboxylic acids is 2. The van der Waals surface area contributed by atoms with Crippen molar-refractivity contribution in [2.45, 2.75) is 41.6 Å². The van der Waals surface area contributed by atoms with Crippen molar-refractivity contribution in [2.75, 3.05) is 11.5 Å². The first-order chi connectivity index (χ1) is 23.2. The number of amides is 2. The van der Waals surface area contributed by atoms with E-state index < -0.39 is 86.1 Å². The third kappa shape index (κ3) is 4.17. The lowest BCUT2D eigenvalue weighted by molar-refractivity contribution is -0.122. The number of anilines is 1. The molecule has 17 heteroatoms. The molecule has 1 N–H and O–H groups in total. The summed E-state index contributed by atoms with van der Waals surface area (Å²) in [5.41, 5.74) is -3.10. The Bertz CT molecular complexity index is 2240. The first-order valence-corrected chi connectivity index (χ1v) is 15.4. The highest BCUT2D eigenvalue weighted by Crippen LogP contribution is 2.64. The summed E-state index contributed by atoms with van der Waals surface area (Å²) < 4.78 is 81.6. The summed E-state index contributed by atoms with van der Waals surface area (Å²) in [6, 6.07) is 10.3. The normalized spacial score (nSPS) is 24.4. The van der Waals surface area contributed by atoms with Crippen LogP contribution in [0.15, 0.2) is 69.8 Å². The maximum absolute atomic E-state index is 15.2. The maximum atomic E-state index is 15.2. The number of phenolic OH excluding ortho intramolecular Hbond substituents is 1. The van der Waals surface area contributed by atoms with Crippen molar-refractivity contribution in [3.8, 4) is 17.2 Å². The van der Waals surface area contributed by atoms with Crippen LogP contribution in [0.25, 0.3) is 5.69 Å². The molecule has 49 heavy (non-hydrogen) atoms. The summed E-state index contributed by atoms with van der Waals surface area (Å²) >= 11 is 14.2. The van der Waals surface area contributed by atoms with Crippen LogP contribution in [-0.2, 0) is 16.1 Å². The average Bonchev–Trinajstić information content (AvgIpc) is 3.42. The predicted molar refractivity (Wildman–Crippen MR) is 164 cm³/mol. The van der Waals surface area contributed by atoms with Gasteiger partial charge in [-0.3, -0.25) is 9.59 Å². The van der Waals surface area contributed by atoms with Crippen molar-refractivity contribution < 1.29 is 41.4 Å². The number of halogens is 7. The molecule has 2 amide bonds. The molecule has 3 aromatic carbocycles. The lowest BCUT2D eigenvalue weighted by atomic mass is 9.64. The van der Waals surface area contributed by atoms with Crippen molar-refractivity contribution in [1.29, 1.82) is 0 Å². The fourth-order valence-electron chi connectivity index (χ4n) is 6.98. The first-order valence-electron chi connectivity index (χ1n) is 14.6. The quantitative estimate of drug-likeness (QED) is 0.0791. The Morgan fingerprint density at radius 3 is 2.14 bits per heavy atom. The standard InChI is InChI=1S/C32H21Cl2F5N4O6/c1-2-49-19-12-14(8-9-18(19)44)20-16-10-11-40-29(47)41(15-6-4-3-5-7-15)30(48)43(40)17(16)13-31(33)27(45)42(28(46)32(20,31)34)26-24(38)22(36)21(35)23(37)25(26)39/h3-10,12,17,20,44H,2,11,13H2,1H3. The summed E-state index contributed by atoms with van der Waals surface area (Å²) in [5.74, 6) is -17.6. The van der Waals surface area contributed by atoms with Crippen molar-refractivity contribution in [2.24, 2.45) is 0 Å². The molecule has 10 nitrogen and oxygen atoms in total. The fraction of sp³-hybridized carbons (Fsp3) is 0.250. The van der Waals surface area contributed by atoms with Crippen LogP contribution in [0.1, 0.15) is 30.9 Å². The minimum absolute atomic E-state index is 0.0592. The Labute approximate surface area is 281 Å². The third-order valence-electron chi connectivity index (χ3n) is 9.12. The molecule has 4 aromatic rings. The minimum Gasteiger partial charge on any atom is -0.504 e. The zero-order chi connectivity index (χ0) is 35.3. The van der Waals surface area contributed by atoms with Crippen molar-refractivity contribution in [1.82, 2.24) is 13.9 Å². The molecular weight excluding hydrogens is 702 g/mol. The number of nitrogens with zero attached hydrogens (tertiary/aromatic N) is 4. The highest BCUT2D eigenvalue weighted by molar-refractivity contribution is 6.58. The van der Waals surface area contributed by atoms with Gasteiger partial charge in [0.2, 0.25) is 5.82 Å². The Kier molecular flexibility index (Phi) is 7.37. The Hall–Kier alpha value is -4.89. The highest BCUT2D eigenvalue weighted by Gasteiger charge is 2.76. The van der Waals surface area contributed by atoms with Gasteiger partial charge in [0.05, 0.1) is 24.9 Å². The Morgan fingerprint density at radius 1 is 0.878 bits per heavy atom. The van der Waals surface area contributed by atoms with Gasteiger partial charge in [0.15, 0.2) is 44.5 Å². The molecule has 7 rings (SSSR count). The largest absolute Gasteiger partial charge is 0.504 e. The topological polar surface area (TPSA) is 116 Å². The molecule has 3 heterocycles. The second-order valence-electron chi connectivity index (χ2n) is 11.6. The number of benzene rings is 3. The average molecular weight is 723 g/mol. The Balaban J connectivity index is 1.50. The van der Waals surface area contributed by atoms with E-state index in [9.17, 15) is 37.5 Å². The van der Waals surface area contributed by atoms with Gasteiger partial charge >= 0.3 is 11.4 Å². The van der Waals surface area contributed by atoms with Crippen LogP contribution in [0.5, 0.6) is 11.5 Å². The molecule has 0 radical (unpaired) electrons. The van der Waals surface area contributed by atoms with E-state index in [-0.39, 0.29) is 46.4 Å². The number of hydrogen-bond acceptors (Lipinski definition) is 6. The summed E-state index contributed by atoms with van der Waals surface area (Å²) in [5, 5.41) is 10.4. The molecular formula is C32H21Cl2F5N4O6. The van der Waals surface area contributed by atoms with Crippen molar-refractivity contribution in [3.63, 3.8) is 0 Å². The monoisotopic (exact) mass is 722 g/mol. The van der Waals surface area contributed by atoms with E-state index >= 15 is 8.78 Å². The van der Waals surface area contributed by atoms with E-state index in [2.05, 4.69) is 0 Å². The third-order valence-corrected chi connectivity index (χ3v) is 10.5. The van der Waals surface area contributed by atoms with Gasteiger partial charge in [-0.25, -0.2) is 50.4 Å². The molecule has 2 fully saturated rings. The number of allylic oxidation sites excluding steroid dienone is 2. The van der Waals surface area contributed by atoms with Gasteiger partial charge in [-0.1, -0.05) is 30.3 Å². The zero-order valence-electron chi connectivity index (χ0n) is 24.9. The molecule has 4 unspecified atom stereocenters. The van der Waals surface area contributed by atoms with Crippen LogP contribution in [0.2, 0.25) is 0 Å². The van der Waals surface area contributed by atoms with Gasteiger partial charge in [0, 0.05) is 12.3 Å². The van der Waals surface area contributed by atoms with E-state index in [0.717, 1.165) is 13.9 Å². The van der Waals surface area contributed by atoms with Crippen LogP contribution in [-0.4, -0.2) is 47.2 Å². The van der Waals surface area contributed by atoms with Gasteiger partial charge in [-0.2, -0.15) is 0 Å². The molecule has 2 aliphatic heterocycles. The molecule has 1 saturated carbocycles. The van der Waals surface area contributed by atoms with Gasteiger partial charge in [0.25, 0.3) is 11.8 Å². The summed E-state index contributed by atoms with van der Waals surface area (Å²) in [4.78, 5) is 50.4. The van der Waals surface area contributed by atoms with E-state index in [4.69, 9.17) is 27.9 Å². The summed E-state index contributed by atoms with van der Waals surface area (Å²) in [6.45, 7) is 1.43. The smallest absolute Gasteiger partial charge is 0.352 e. The van der Waals surface area contributed by atoms with E-state index in [1.165, 1.54) is 36.4 Å². The van der Waals surface area contributed by atoms with Crippen LogP contribution < -0.4 is 21.0 Å².